The molecule has 1 saturated carbocycles. The van der Waals surface area contributed by atoms with E-state index in [-0.39, 0.29) is 34.3 Å². The van der Waals surface area contributed by atoms with Gasteiger partial charge in [0.2, 0.25) is 5.91 Å². The van der Waals surface area contributed by atoms with Crippen LogP contribution in [0.3, 0.4) is 0 Å². The summed E-state index contributed by atoms with van der Waals surface area (Å²) in [6.07, 6.45) is 2.18. The van der Waals surface area contributed by atoms with Crippen LogP contribution in [-0.2, 0) is 9.53 Å². The van der Waals surface area contributed by atoms with Crippen LogP contribution >= 0.6 is 11.6 Å². The molecule has 11 heteroatoms. The monoisotopic (exact) mass is 451 g/mol. The second kappa shape index (κ2) is 9.44. The SMILES string of the molecule is CO[C@@H]1C[C@H](C(=O)Nc2ccc(F)cc2Cl)CC[C@H]1N(C)C(=O)c1[nH]cnc1C(N)=O. The highest BCUT2D eigenvalue weighted by atomic mass is 35.5. The molecule has 0 aliphatic heterocycles. The predicted octanol–water partition coefficient (Wildman–Crippen LogP) is 2.20. The number of H-pyrrole nitrogens is 1. The summed E-state index contributed by atoms with van der Waals surface area (Å²) in [5.41, 5.74) is 5.48. The normalized spacial score (nSPS) is 20.8. The average molecular weight is 452 g/mol. The van der Waals surface area contributed by atoms with Gasteiger partial charge in [0.1, 0.15) is 11.5 Å². The zero-order chi connectivity index (χ0) is 22.7. The zero-order valence-corrected chi connectivity index (χ0v) is 17.8. The van der Waals surface area contributed by atoms with Crippen molar-refractivity contribution >= 4 is 35.0 Å². The molecule has 1 fully saturated rings. The van der Waals surface area contributed by atoms with Crippen molar-refractivity contribution in [2.75, 3.05) is 19.5 Å². The number of hydrogen-bond acceptors (Lipinski definition) is 5. The number of amides is 3. The Morgan fingerprint density at radius 1 is 1.35 bits per heavy atom. The number of methoxy groups -OCH3 is 1. The Kier molecular flexibility index (Phi) is 6.91. The summed E-state index contributed by atoms with van der Waals surface area (Å²) in [6, 6.07) is 3.43. The number of imidazole rings is 1. The Bertz CT molecular complexity index is 998. The highest BCUT2D eigenvalue weighted by Gasteiger charge is 2.38. The van der Waals surface area contributed by atoms with Gasteiger partial charge in [-0.2, -0.15) is 0 Å². The van der Waals surface area contributed by atoms with Crippen LogP contribution in [0.25, 0.3) is 0 Å². The van der Waals surface area contributed by atoms with Crippen LogP contribution in [0.5, 0.6) is 0 Å². The molecule has 0 radical (unpaired) electrons. The van der Waals surface area contributed by atoms with Crippen molar-refractivity contribution in [3.8, 4) is 0 Å². The first-order valence-electron chi connectivity index (χ1n) is 9.62. The number of anilines is 1. The summed E-state index contributed by atoms with van der Waals surface area (Å²) in [5.74, 6) is -2.38. The molecule has 1 heterocycles. The number of aromatic amines is 1. The van der Waals surface area contributed by atoms with E-state index in [0.717, 1.165) is 6.07 Å². The van der Waals surface area contributed by atoms with Gasteiger partial charge in [0, 0.05) is 20.1 Å². The lowest BCUT2D eigenvalue weighted by Gasteiger charge is -2.39. The molecule has 4 N–H and O–H groups in total. The van der Waals surface area contributed by atoms with Crippen LogP contribution in [0.15, 0.2) is 24.5 Å². The first-order valence-corrected chi connectivity index (χ1v) is 9.99. The topological polar surface area (TPSA) is 130 Å². The first kappa shape index (κ1) is 22.7. The fourth-order valence-electron chi connectivity index (χ4n) is 3.84. The van der Waals surface area contributed by atoms with E-state index in [1.807, 2.05) is 0 Å². The number of likely N-dealkylation sites (N-methyl/N-ethyl adjacent to an activating group) is 1. The summed E-state index contributed by atoms with van der Waals surface area (Å²) in [7, 11) is 3.11. The number of carbonyl (C=O) groups is 3. The Hall–Kier alpha value is -2.98. The number of ether oxygens (including phenoxy) is 1. The summed E-state index contributed by atoms with van der Waals surface area (Å²) >= 11 is 5.99. The molecule has 1 aromatic carbocycles. The molecular weight excluding hydrogens is 429 g/mol. The predicted molar refractivity (Wildman–Crippen MR) is 111 cm³/mol. The smallest absolute Gasteiger partial charge is 0.272 e. The molecule has 166 valence electrons. The molecule has 1 aromatic heterocycles. The lowest BCUT2D eigenvalue weighted by atomic mass is 9.82. The second-order valence-electron chi connectivity index (χ2n) is 7.37. The maximum absolute atomic E-state index is 13.2. The highest BCUT2D eigenvalue weighted by Crippen LogP contribution is 2.32. The number of primary amides is 1. The zero-order valence-electron chi connectivity index (χ0n) is 17.0. The molecular formula is C20H23ClFN5O4. The van der Waals surface area contributed by atoms with Crippen LogP contribution in [0.2, 0.25) is 5.02 Å². The third kappa shape index (κ3) is 4.86. The van der Waals surface area contributed by atoms with Crippen molar-refractivity contribution in [3.05, 3.63) is 46.8 Å². The minimum Gasteiger partial charge on any atom is -0.379 e. The summed E-state index contributed by atoms with van der Waals surface area (Å²) in [4.78, 5) is 45.0. The van der Waals surface area contributed by atoms with Crippen LogP contribution in [0, 0.1) is 11.7 Å². The van der Waals surface area contributed by atoms with E-state index >= 15 is 0 Å². The largest absolute Gasteiger partial charge is 0.379 e. The molecule has 1 aliphatic rings. The first-order chi connectivity index (χ1) is 14.7. The van der Waals surface area contributed by atoms with E-state index in [1.54, 1.807) is 7.05 Å². The fraction of sp³-hybridized carbons (Fsp3) is 0.400. The van der Waals surface area contributed by atoms with Crippen molar-refractivity contribution in [1.82, 2.24) is 14.9 Å². The molecule has 0 saturated heterocycles. The standard InChI is InChI=1S/C20H23ClFN5O4/c1-27(20(30)17-16(18(23)28)24-9-25-17)14-6-3-10(7-15(14)31-2)19(29)26-13-5-4-11(22)8-12(13)21/h4-5,8-10,14-15H,3,6-7H2,1-2H3,(H2,23,28)(H,24,25)(H,26,29)/t10-,14-,15-/m1/s1. The molecule has 31 heavy (non-hydrogen) atoms. The van der Waals surface area contributed by atoms with E-state index in [4.69, 9.17) is 22.1 Å². The highest BCUT2D eigenvalue weighted by molar-refractivity contribution is 6.33. The summed E-state index contributed by atoms with van der Waals surface area (Å²) < 4.78 is 18.8. The lowest BCUT2D eigenvalue weighted by molar-refractivity contribution is -0.123. The minimum absolute atomic E-state index is 0.00988. The Labute approximate surface area is 183 Å². The molecule has 3 atom stereocenters. The van der Waals surface area contributed by atoms with Gasteiger partial charge in [-0.3, -0.25) is 14.4 Å². The van der Waals surface area contributed by atoms with Gasteiger partial charge in [0.05, 0.1) is 29.2 Å². The number of nitrogens with zero attached hydrogens (tertiary/aromatic N) is 2. The van der Waals surface area contributed by atoms with Gasteiger partial charge in [0.15, 0.2) is 5.69 Å². The van der Waals surface area contributed by atoms with Crippen molar-refractivity contribution in [3.63, 3.8) is 0 Å². The van der Waals surface area contributed by atoms with Gasteiger partial charge in [0.25, 0.3) is 11.8 Å². The van der Waals surface area contributed by atoms with Crippen molar-refractivity contribution in [1.29, 1.82) is 0 Å². The van der Waals surface area contributed by atoms with Crippen LogP contribution in [-0.4, -0.2) is 58.9 Å². The molecule has 3 rings (SSSR count). The number of benzene rings is 1. The number of rotatable bonds is 6. The number of nitrogens with one attached hydrogen (secondary N) is 2. The van der Waals surface area contributed by atoms with Gasteiger partial charge in [-0.25, -0.2) is 9.37 Å². The van der Waals surface area contributed by atoms with Gasteiger partial charge < -0.3 is 25.7 Å². The number of carbonyl (C=O) groups excluding carboxylic acids is 3. The summed E-state index contributed by atoms with van der Waals surface area (Å²) in [6.45, 7) is 0. The molecule has 9 nitrogen and oxygen atoms in total. The number of hydrogen-bond donors (Lipinski definition) is 3. The molecule has 3 amide bonds. The molecule has 0 bridgehead atoms. The lowest BCUT2D eigenvalue weighted by Crippen LogP contribution is -2.50. The van der Waals surface area contributed by atoms with Crippen LogP contribution in [0.4, 0.5) is 10.1 Å². The molecule has 1 aliphatic carbocycles. The van der Waals surface area contributed by atoms with Crippen molar-refractivity contribution in [2.45, 2.75) is 31.4 Å². The van der Waals surface area contributed by atoms with E-state index in [0.29, 0.717) is 24.9 Å². The minimum atomic E-state index is -0.805. The molecule has 0 unspecified atom stereocenters. The van der Waals surface area contributed by atoms with Crippen molar-refractivity contribution < 1.29 is 23.5 Å². The summed E-state index contributed by atoms with van der Waals surface area (Å²) in [5, 5.41) is 2.83. The maximum Gasteiger partial charge on any atom is 0.272 e. The fourth-order valence-corrected chi connectivity index (χ4v) is 4.06. The Morgan fingerprint density at radius 3 is 2.74 bits per heavy atom. The average Bonchev–Trinajstić information content (AvgIpc) is 3.24. The third-order valence-corrected chi connectivity index (χ3v) is 5.84. The number of nitrogens with two attached hydrogens (primary N) is 1. The number of halogens is 2. The van der Waals surface area contributed by atoms with E-state index in [9.17, 15) is 18.8 Å². The second-order valence-corrected chi connectivity index (χ2v) is 7.78. The van der Waals surface area contributed by atoms with Gasteiger partial charge in [-0.1, -0.05) is 11.6 Å². The number of aromatic nitrogens is 2. The van der Waals surface area contributed by atoms with E-state index < -0.39 is 23.7 Å². The van der Waals surface area contributed by atoms with Gasteiger partial charge in [-0.05, 0) is 37.5 Å². The Morgan fingerprint density at radius 2 is 2.10 bits per heavy atom. The van der Waals surface area contributed by atoms with Crippen LogP contribution < -0.4 is 11.1 Å². The molecule has 0 spiro atoms. The van der Waals surface area contributed by atoms with E-state index in [1.165, 1.54) is 30.5 Å². The third-order valence-electron chi connectivity index (χ3n) is 5.52. The molecule has 2 aromatic rings. The van der Waals surface area contributed by atoms with Gasteiger partial charge in [-0.15, -0.1) is 0 Å². The van der Waals surface area contributed by atoms with E-state index in [2.05, 4.69) is 15.3 Å². The maximum atomic E-state index is 13.2. The Balaban J connectivity index is 1.68. The quantitative estimate of drug-likeness (QED) is 0.619. The van der Waals surface area contributed by atoms with Crippen molar-refractivity contribution in [2.24, 2.45) is 11.7 Å². The van der Waals surface area contributed by atoms with Crippen LogP contribution in [0.1, 0.15) is 40.2 Å². The van der Waals surface area contributed by atoms with Gasteiger partial charge >= 0.3 is 0 Å².